The molecular weight excluding hydrogens is 404 g/mol. The third kappa shape index (κ3) is 14.6. The van der Waals surface area contributed by atoms with Crippen molar-refractivity contribution in [3.8, 4) is 0 Å². The maximum Gasteiger partial charge on any atom is 0.290 e. The second kappa shape index (κ2) is 16.8. The fourth-order valence-electron chi connectivity index (χ4n) is 3.03. The van der Waals surface area contributed by atoms with Crippen LogP contribution < -0.4 is 10.6 Å². The summed E-state index contributed by atoms with van der Waals surface area (Å²) >= 11 is 0. The summed E-state index contributed by atoms with van der Waals surface area (Å²) in [5, 5.41) is 19.5. The van der Waals surface area contributed by atoms with Gasteiger partial charge in [-0.05, 0) is 83.7 Å². The van der Waals surface area contributed by atoms with Crippen molar-refractivity contribution >= 4 is 36.1 Å². The third-order valence-corrected chi connectivity index (χ3v) is 4.53. The maximum atomic E-state index is 12.1. The number of amides is 2. The zero-order valence-electron chi connectivity index (χ0n) is 18.4. The molecule has 1 aromatic rings. The second-order valence-electron chi connectivity index (χ2n) is 7.41. The Morgan fingerprint density at radius 3 is 1.84 bits per heavy atom. The van der Waals surface area contributed by atoms with Gasteiger partial charge in [-0.2, -0.15) is 0 Å². The van der Waals surface area contributed by atoms with Crippen molar-refractivity contribution in [1.82, 2.24) is 9.80 Å². The molecule has 174 valence electrons. The van der Waals surface area contributed by atoms with Crippen LogP contribution in [0.15, 0.2) is 24.3 Å². The van der Waals surface area contributed by atoms with Gasteiger partial charge in [0.2, 0.25) is 11.8 Å². The smallest absolute Gasteiger partial charge is 0.290 e. The second-order valence-corrected chi connectivity index (χ2v) is 7.41. The first kappa shape index (κ1) is 28.0. The standard InChI is InChI=1S/C19H30N4O2.2CH2O2/c1-22(2)14-19(25)21-17-7-5-16(6-8-17)20-18(24)9-4-15-10-12-23(3)13-11-15;2*2-1-3/h5-8,15H,4,9-14H2,1-3H3,(H,20,24)(H,21,25);2*1H,(H,2,3). The van der Waals surface area contributed by atoms with E-state index in [1.54, 1.807) is 12.1 Å². The number of nitrogens with zero attached hydrogens (tertiary/aromatic N) is 2. The number of carboxylic acid groups (broad SMARTS) is 2. The molecule has 1 aliphatic heterocycles. The zero-order valence-corrected chi connectivity index (χ0v) is 18.4. The van der Waals surface area contributed by atoms with Crippen molar-refractivity contribution in [1.29, 1.82) is 0 Å². The minimum atomic E-state index is -0.250. The monoisotopic (exact) mass is 438 g/mol. The molecule has 0 aliphatic carbocycles. The van der Waals surface area contributed by atoms with Crippen molar-refractivity contribution in [2.45, 2.75) is 25.7 Å². The van der Waals surface area contributed by atoms with Gasteiger partial charge in [-0.1, -0.05) is 0 Å². The molecule has 0 spiro atoms. The van der Waals surface area contributed by atoms with Crippen LogP contribution in [-0.4, -0.2) is 85.5 Å². The molecule has 4 N–H and O–H groups in total. The first-order valence-corrected chi connectivity index (χ1v) is 9.94. The molecule has 0 saturated carbocycles. The number of rotatable bonds is 7. The average molecular weight is 439 g/mol. The van der Waals surface area contributed by atoms with Crippen LogP contribution in [0.2, 0.25) is 0 Å². The van der Waals surface area contributed by atoms with E-state index in [1.165, 1.54) is 12.8 Å². The Bertz CT molecular complexity index is 652. The molecule has 0 unspecified atom stereocenters. The largest absolute Gasteiger partial charge is 0.483 e. The molecule has 31 heavy (non-hydrogen) atoms. The molecule has 1 saturated heterocycles. The van der Waals surface area contributed by atoms with Gasteiger partial charge >= 0.3 is 0 Å². The van der Waals surface area contributed by atoms with Crippen LogP contribution in [0.3, 0.4) is 0 Å². The van der Waals surface area contributed by atoms with Crippen LogP contribution in [0.25, 0.3) is 0 Å². The number of anilines is 2. The molecule has 0 radical (unpaired) electrons. The Labute approximate surface area is 183 Å². The molecule has 1 fully saturated rings. The number of benzene rings is 1. The van der Waals surface area contributed by atoms with Gasteiger partial charge in [0.05, 0.1) is 6.54 Å². The lowest BCUT2D eigenvalue weighted by Crippen LogP contribution is -2.30. The lowest BCUT2D eigenvalue weighted by molar-refractivity contribution is -0.123. The molecule has 2 amide bonds. The van der Waals surface area contributed by atoms with Crippen molar-refractivity contribution in [2.75, 3.05) is 51.4 Å². The molecule has 0 aromatic heterocycles. The summed E-state index contributed by atoms with van der Waals surface area (Å²) < 4.78 is 0. The molecule has 10 heteroatoms. The van der Waals surface area contributed by atoms with Crippen LogP contribution in [0, 0.1) is 5.92 Å². The van der Waals surface area contributed by atoms with Crippen molar-refractivity contribution in [2.24, 2.45) is 5.92 Å². The van der Waals surface area contributed by atoms with E-state index in [4.69, 9.17) is 19.8 Å². The molecular formula is C21H34N4O6. The van der Waals surface area contributed by atoms with Gasteiger partial charge in [-0.25, -0.2) is 0 Å². The van der Waals surface area contributed by atoms with Crippen molar-refractivity contribution < 1.29 is 29.4 Å². The lowest BCUT2D eigenvalue weighted by atomic mass is 9.92. The molecule has 1 heterocycles. The van der Waals surface area contributed by atoms with Crippen LogP contribution >= 0.6 is 0 Å². The summed E-state index contributed by atoms with van der Waals surface area (Å²) in [6.07, 6.45) is 3.89. The van der Waals surface area contributed by atoms with Gasteiger partial charge in [-0.15, -0.1) is 0 Å². The Morgan fingerprint density at radius 2 is 1.42 bits per heavy atom. The van der Waals surface area contributed by atoms with Crippen LogP contribution in [0.1, 0.15) is 25.7 Å². The molecule has 1 aliphatic rings. The number of hydrogen-bond acceptors (Lipinski definition) is 6. The Hall–Kier alpha value is -2.98. The highest BCUT2D eigenvalue weighted by molar-refractivity contribution is 5.93. The summed E-state index contributed by atoms with van der Waals surface area (Å²) in [5.74, 6) is 0.666. The predicted octanol–water partition coefficient (Wildman–Crippen LogP) is 1.65. The van der Waals surface area contributed by atoms with E-state index in [0.717, 1.165) is 30.9 Å². The fraction of sp³-hybridized carbons (Fsp3) is 0.524. The van der Waals surface area contributed by atoms with Gasteiger partial charge in [0.15, 0.2) is 0 Å². The lowest BCUT2D eigenvalue weighted by Gasteiger charge is -2.28. The first-order valence-electron chi connectivity index (χ1n) is 9.94. The highest BCUT2D eigenvalue weighted by Gasteiger charge is 2.17. The zero-order chi connectivity index (χ0) is 23.6. The number of piperidine rings is 1. The SMILES string of the molecule is CN(C)CC(=O)Nc1ccc(NC(=O)CCC2CCN(C)CC2)cc1.O=CO.O=CO. The van der Waals surface area contributed by atoms with Gasteiger partial charge in [0, 0.05) is 17.8 Å². The predicted molar refractivity (Wildman–Crippen MR) is 119 cm³/mol. The van der Waals surface area contributed by atoms with E-state index in [1.807, 2.05) is 31.1 Å². The Kier molecular flexibility index (Phi) is 15.2. The summed E-state index contributed by atoms with van der Waals surface area (Å²) in [7, 11) is 5.85. The molecule has 0 bridgehead atoms. The number of likely N-dealkylation sites (tertiary alicyclic amines) is 1. The van der Waals surface area contributed by atoms with E-state index < -0.39 is 0 Å². The highest BCUT2D eigenvalue weighted by Crippen LogP contribution is 2.21. The Balaban J connectivity index is 0.00000134. The maximum absolute atomic E-state index is 12.1. The van der Waals surface area contributed by atoms with E-state index >= 15 is 0 Å². The summed E-state index contributed by atoms with van der Waals surface area (Å²) in [5.41, 5.74) is 1.50. The van der Waals surface area contributed by atoms with Crippen LogP contribution in [0.4, 0.5) is 11.4 Å². The average Bonchev–Trinajstić information content (AvgIpc) is 2.70. The van der Waals surface area contributed by atoms with E-state index in [0.29, 0.717) is 18.9 Å². The van der Waals surface area contributed by atoms with Crippen LogP contribution in [-0.2, 0) is 19.2 Å². The van der Waals surface area contributed by atoms with Crippen LogP contribution in [0.5, 0.6) is 0 Å². The van der Waals surface area contributed by atoms with Crippen molar-refractivity contribution in [3.63, 3.8) is 0 Å². The van der Waals surface area contributed by atoms with Gasteiger partial charge in [-0.3, -0.25) is 19.2 Å². The summed E-state index contributed by atoms with van der Waals surface area (Å²) in [6, 6.07) is 7.25. The number of hydrogen-bond donors (Lipinski definition) is 4. The van der Waals surface area contributed by atoms with Gasteiger partial charge < -0.3 is 30.6 Å². The number of carbonyl (C=O) groups excluding carboxylic acids is 2. The van der Waals surface area contributed by atoms with E-state index in [9.17, 15) is 9.59 Å². The fourth-order valence-corrected chi connectivity index (χ4v) is 3.03. The normalized spacial score (nSPS) is 13.7. The molecule has 2 rings (SSSR count). The summed E-state index contributed by atoms with van der Waals surface area (Å²) in [6.45, 7) is 2.11. The highest BCUT2D eigenvalue weighted by atomic mass is 16.3. The third-order valence-electron chi connectivity index (χ3n) is 4.53. The van der Waals surface area contributed by atoms with Crippen molar-refractivity contribution in [3.05, 3.63) is 24.3 Å². The molecule has 0 atom stereocenters. The minimum absolute atomic E-state index is 0.0556. The Morgan fingerprint density at radius 1 is 1.00 bits per heavy atom. The first-order chi connectivity index (χ1) is 14.7. The minimum Gasteiger partial charge on any atom is -0.483 e. The number of carbonyl (C=O) groups is 4. The topological polar surface area (TPSA) is 139 Å². The van der Waals surface area contributed by atoms with Gasteiger partial charge in [0.25, 0.3) is 12.9 Å². The van der Waals surface area contributed by atoms with E-state index in [-0.39, 0.29) is 24.8 Å². The molecule has 1 aromatic carbocycles. The number of nitrogens with one attached hydrogen (secondary N) is 2. The van der Waals surface area contributed by atoms with E-state index in [2.05, 4.69) is 22.6 Å². The number of likely N-dealkylation sites (N-methyl/N-ethyl adjacent to an activating group) is 1. The quantitative estimate of drug-likeness (QED) is 0.471. The van der Waals surface area contributed by atoms with Gasteiger partial charge in [0.1, 0.15) is 0 Å². The molecule has 10 nitrogen and oxygen atoms in total. The summed E-state index contributed by atoms with van der Waals surface area (Å²) in [4.78, 5) is 44.7.